The van der Waals surface area contributed by atoms with E-state index >= 15 is 0 Å². The van der Waals surface area contributed by atoms with Crippen LogP contribution in [0.1, 0.15) is 42.9 Å². The smallest absolute Gasteiger partial charge is 0.248 e. The summed E-state index contributed by atoms with van der Waals surface area (Å²) in [6.07, 6.45) is 6.63. The fraction of sp³-hybridized carbons (Fsp3) is 0.348. The van der Waals surface area contributed by atoms with E-state index in [1.165, 1.54) is 6.08 Å². The van der Waals surface area contributed by atoms with E-state index in [-0.39, 0.29) is 5.91 Å². The first-order chi connectivity index (χ1) is 13.0. The van der Waals surface area contributed by atoms with Gasteiger partial charge in [-0.05, 0) is 61.2 Å². The van der Waals surface area contributed by atoms with Gasteiger partial charge in [-0.15, -0.1) is 0 Å². The van der Waals surface area contributed by atoms with Crippen LogP contribution in [0.5, 0.6) is 11.5 Å². The Morgan fingerprint density at radius 3 is 2.63 bits per heavy atom. The third-order valence-corrected chi connectivity index (χ3v) is 4.27. The number of ether oxygens (including phenoxy) is 2. The molecule has 0 saturated carbocycles. The predicted octanol–water partition coefficient (Wildman–Crippen LogP) is 5.53. The lowest BCUT2D eigenvalue weighted by atomic mass is 10.1. The number of carbonyl (C=O) groups excluding carboxylic acids is 1. The third-order valence-electron chi connectivity index (χ3n) is 4.27. The molecule has 2 rings (SSSR count). The average molecular weight is 367 g/mol. The van der Waals surface area contributed by atoms with Crippen LogP contribution in [0.15, 0.2) is 42.5 Å². The Bertz CT molecular complexity index is 796. The van der Waals surface area contributed by atoms with Crippen molar-refractivity contribution in [2.75, 3.05) is 19.0 Å². The van der Waals surface area contributed by atoms with Crippen LogP contribution >= 0.6 is 0 Å². The Labute approximate surface area is 162 Å². The molecule has 4 heteroatoms. The van der Waals surface area contributed by atoms with E-state index in [9.17, 15) is 4.79 Å². The summed E-state index contributed by atoms with van der Waals surface area (Å²) in [6.45, 7) is 6.82. The molecule has 2 aromatic carbocycles. The maximum atomic E-state index is 12.2. The van der Waals surface area contributed by atoms with Crippen LogP contribution in [0, 0.1) is 13.8 Å². The first kappa shape index (κ1) is 20.6. The van der Waals surface area contributed by atoms with Gasteiger partial charge in [0.25, 0.3) is 0 Å². The molecular weight excluding hydrogens is 338 g/mol. The summed E-state index contributed by atoms with van der Waals surface area (Å²) in [5, 5.41) is 2.92. The number of rotatable bonds is 9. The zero-order valence-corrected chi connectivity index (χ0v) is 16.7. The van der Waals surface area contributed by atoms with Crippen molar-refractivity contribution in [3.05, 3.63) is 59.2 Å². The van der Waals surface area contributed by atoms with E-state index in [2.05, 4.69) is 12.2 Å². The molecule has 0 spiro atoms. The molecule has 0 bridgehead atoms. The van der Waals surface area contributed by atoms with Gasteiger partial charge < -0.3 is 14.8 Å². The van der Waals surface area contributed by atoms with Crippen LogP contribution in [0.2, 0.25) is 0 Å². The molecule has 0 aliphatic heterocycles. The molecule has 0 atom stereocenters. The summed E-state index contributed by atoms with van der Waals surface area (Å²) < 4.78 is 11.2. The highest BCUT2D eigenvalue weighted by molar-refractivity contribution is 6.02. The monoisotopic (exact) mass is 367 g/mol. The highest BCUT2D eigenvalue weighted by Crippen LogP contribution is 2.28. The molecule has 0 fully saturated rings. The van der Waals surface area contributed by atoms with Gasteiger partial charge >= 0.3 is 0 Å². The number of amides is 1. The number of benzene rings is 2. The number of hydrogen-bond donors (Lipinski definition) is 1. The van der Waals surface area contributed by atoms with Crippen molar-refractivity contribution in [1.82, 2.24) is 0 Å². The van der Waals surface area contributed by atoms with Crippen molar-refractivity contribution in [1.29, 1.82) is 0 Å². The Kier molecular flexibility index (Phi) is 7.93. The van der Waals surface area contributed by atoms with Gasteiger partial charge in [-0.25, -0.2) is 0 Å². The Hall–Kier alpha value is -2.75. The quantitative estimate of drug-likeness (QED) is 0.468. The van der Waals surface area contributed by atoms with Crippen LogP contribution < -0.4 is 14.8 Å². The molecule has 0 aliphatic carbocycles. The summed E-state index contributed by atoms with van der Waals surface area (Å²) in [6, 6.07) is 11.7. The standard InChI is InChI=1S/C23H29NO3/c1-5-6-7-14-27-21-12-10-19(16-22(21)26-4)11-13-23(25)24-20-15-17(2)8-9-18(20)3/h8-13,15-16H,5-7,14H2,1-4H3,(H,24,25)/b13-11+. The number of methoxy groups -OCH3 is 1. The highest BCUT2D eigenvalue weighted by Gasteiger charge is 2.06. The van der Waals surface area contributed by atoms with Crippen molar-refractivity contribution >= 4 is 17.7 Å². The molecule has 0 heterocycles. The molecule has 0 radical (unpaired) electrons. The van der Waals surface area contributed by atoms with Crippen LogP contribution in [0.25, 0.3) is 6.08 Å². The summed E-state index contributed by atoms with van der Waals surface area (Å²) in [5.41, 5.74) is 3.86. The first-order valence-electron chi connectivity index (χ1n) is 9.40. The molecule has 4 nitrogen and oxygen atoms in total. The molecule has 0 unspecified atom stereocenters. The molecule has 1 amide bonds. The van der Waals surface area contributed by atoms with Crippen molar-refractivity contribution in [3.8, 4) is 11.5 Å². The summed E-state index contributed by atoms with van der Waals surface area (Å²) in [5.74, 6) is 1.23. The molecule has 27 heavy (non-hydrogen) atoms. The summed E-state index contributed by atoms with van der Waals surface area (Å²) in [7, 11) is 1.62. The van der Waals surface area contributed by atoms with E-state index in [4.69, 9.17) is 9.47 Å². The van der Waals surface area contributed by atoms with E-state index in [1.807, 2.05) is 50.2 Å². The number of carbonyl (C=O) groups is 1. The van der Waals surface area contributed by atoms with Crippen molar-refractivity contribution in [2.24, 2.45) is 0 Å². The van der Waals surface area contributed by atoms with Gasteiger partial charge in [-0.3, -0.25) is 4.79 Å². The molecule has 0 aromatic heterocycles. The molecule has 2 aromatic rings. The summed E-state index contributed by atoms with van der Waals surface area (Å²) >= 11 is 0. The zero-order chi connectivity index (χ0) is 19.6. The van der Waals surface area contributed by atoms with E-state index in [0.29, 0.717) is 12.4 Å². The second-order valence-electron chi connectivity index (χ2n) is 6.61. The normalized spacial score (nSPS) is 10.8. The van der Waals surface area contributed by atoms with Gasteiger partial charge in [-0.1, -0.05) is 38.0 Å². The number of nitrogens with one attached hydrogen (secondary N) is 1. The fourth-order valence-corrected chi connectivity index (χ4v) is 2.66. The maximum absolute atomic E-state index is 12.2. The zero-order valence-electron chi connectivity index (χ0n) is 16.7. The second kappa shape index (κ2) is 10.4. The molecular formula is C23H29NO3. The lowest BCUT2D eigenvalue weighted by molar-refractivity contribution is -0.111. The average Bonchev–Trinajstić information content (AvgIpc) is 2.67. The fourth-order valence-electron chi connectivity index (χ4n) is 2.66. The molecule has 1 N–H and O–H groups in total. The number of anilines is 1. The van der Waals surface area contributed by atoms with Crippen molar-refractivity contribution < 1.29 is 14.3 Å². The minimum Gasteiger partial charge on any atom is -0.493 e. The van der Waals surface area contributed by atoms with Crippen LogP contribution in [0.3, 0.4) is 0 Å². The lowest BCUT2D eigenvalue weighted by Gasteiger charge is -2.11. The number of aryl methyl sites for hydroxylation is 2. The van der Waals surface area contributed by atoms with E-state index < -0.39 is 0 Å². The van der Waals surface area contributed by atoms with Gasteiger partial charge in [0.2, 0.25) is 5.91 Å². The Morgan fingerprint density at radius 1 is 1.07 bits per heavy atom. The Morgan fingerprint density at radius 2 is 1.89 bits per heavy atom. The maximum Gasteiger partial charge on any atom is 0.248 e. The van der Waals surface area contributed by atoms with Crippen LogP contribution in [0.4, 0.5) is 5.69 Å². The summed E-state index contributed by atoms with van der Waals surface area (Å²) in [4.78, 5) is 12.2. The van der Waals surface area contributed by atoms with E-state index in [0.717, 1.165) is 47.4 Å². The van der Waals surface area contributed by atoms with Gasteiger partial charge in [0.05, 0.1) is 13.7 Å². The first-order valence-corrected chi connectivity index (χ1v) is 9.40. The largest absolute Gasteiger partial charge is 0.493 e. The molecule has 0 saturated heterocycles. The van der Waals surface area contributed by atoms with E-state index in [1.54, 1.807) is 13.2 Å². The topological polar surface area (TPSA) is 47.6 Å². The second-order valence-corrected chi connectivity index (χ2v) is 6.61. The van der Waals surface area contributed by atoms with Gasteiger partial charge in [0.15, 0.2) is 11.5 Å². The minimum absolute atomic E-state index is 0.164. The van der Waals surface area contributed by atoms with Crippen LogP contribution in [-0.4, -0.2) is 19.6 Å². The van der Waals surface area contributed by atoms with Crippen molar-refractivity contribution in [2.45, 2.75) is 40.0 Å². The van der Waals surface area contributed by atoms with Gasteiger partial charge in [0.1, 0.15) is 0 Å². The molecule has 0 aliphatic rings. The van der Waals surface area contributed by atoms with Gasteiger partial charge in [0, 0.05) is 11.8 Å². The number of unbranched alkanes of at least 4 members (excludes halogenated alkanes) is 2. The Balaban J connectivity index is 2.01. The highest BCUT2D eigenvalue weighted by atomic mass is 16.5. The third kappa shape index (κ3) is 6.48. The minimum atomic E-state index is -0.164. The van der Waals surface area contributed by atoms with Crippen molar-refractivity contribution in [3.63, 3.8) is 0 Å². The SMILES string of the molecule is CCCCCOc1ccc(/C=C/C(=O)Nc2cc(C)ccc2C)cc1OC. The number of hydrogen-bond acceptors (Lipinski definition) is 3. The van der Waals surface area contributed by atoms with Crippen LogP contribution in [-0.2, 0) is 4.79 Å². The molecule has 144 valence electrons. The predicted molar refractivity (Wildman–Crippen MR) is 112 cm³/mol. The lowest BCUT2D eigenvalue weighted by Crippen LogP contribution is -2.09. The van der Waals surface area contributed by atoms with Gasteiger partial charge in [-0.2, -0.15) is 0 Å².